The van der Waals surface area contributed by atoms with Gasteiger partial charge in [0.2, 0.25) is 0 Å². The lowest BCUT2D eigenvalue weighted by atomic mass is 10.0. The lowest BCUT2D eigenvalue weighted by Crippen LogP contribution is -2.48. The molecule has 2 aromatic carbocycles. The Labute approximate surface area is 180 Å². The first-order valence-corrected chi connectivity index (χ1v) is 9.54. The van der Waals surface area contributed by atoms with Crippen LogP contribution in [-0.4, -0.2) is 40.2 Å². The molecule has 0 spiro atoms. The molecule has 0 aliphatic carbocycles. The van der Waals surface area contributed by atoms with Gasteiger partial charge in [0.05, 0.1) is 11.7 Å². The molecule has 1 aliphatic heterocycles. The molecule has 8 heteroatoms. The van der Waals surface area contributed by atoms with Gasteiger partial charge in [0.15, 0.2) is 0 Å². The van der Waals surface area contributed by atoms with Crippen LogP contribution >= 0.6 is 12.4 Å². The molecule has 1 fully saturated rings. The van der Waals surface area contributed by atoms with E-state index in [0.29, 0.717) is 30.9 Å². The van der Waals surface area contributed by atoms with Crippen LogP contribution in [0.3, 0.4) is 0 Å². The first kappa shape index (κ1) is 21.9. The smallest absolute Gasteiger partial charge is 0.254 e. The van der Waals surface area contributed by atoms with E-state index in [1.165, 1.54) is 22.9 Å². The Balaban J connectivity index is 0.00000256. The van der Waals surface area contributed by atoms with Crippen LogP contribution in [0, 0.1) is 25.5 Å². The van der Waals surface area contributed by atoms with E-state index in [1.54, 1.807) is 29.2 Å². The van der Waals surface area contributed by atoms with E-state index in [2.05, 4.69) is 10.4 Å². The fourth-order valence-electron chi connectivity index (χ4n) is 3.81. The van der Waals surface area contributed by atoms with Crippen molar-refractivity contribution >= 4 is 18.3 Å². The highest BCUT2D eigenvalue weighted by Gasteiger charge is 2.29. The molecule has 4 rings (SSSR count). The molecule has 30 heavy (non-hydrogen) atoms. The average molecular weight is 433 g/mol. The average Bonchev–Trinajstić information content (AvgIpc) is 3.05. The minimum atomic E-state index is -0.514. The fraction of sp³-hybridized carbons (Fsp3) is 0.273. The van der Waals surface area contributed by atoms with Crippen molar-refractivity contribution in [1.29, 1.82) is 0 Å². The number of carbonyl (C=O) groups is 1. The maximum Gasteiger partial charge on any atom is 0.254 e. The van der Waals surface area contributed by atoms with Gasteiger partial charge >= 0.3 is 0 Å². The predicted molar refractivity (Wildman–Crippen MR) is 113 cm³/mol. The normalized spacial score (nSPS) is 16.3. The molecular formula is C22H23ClF2N4O. The molecule has 5 nitrogen and oxygen atoms in total. The third-order valence-electron chi connectivity index (χ3n) is 5.17. The lowest BCUT2D eigenvalue weighted by Gasteiger charge is -2.36. The van der Waals surface area contributed by atoms with Gasteiger partial charge in [-0.15, -0.1) is 12.4 Å². The maximum atomic E-state index is 14.8. The van der Waals surface area contributed by atoms with Gasteiger partial charge in [-0.3, -0.25) is 4.79 Å². The van der Waals surface area contributed by atoms with E-state index >= 15 is 0 Å². The van der Waals surface area contributed by atoms with E-state index in [4.69, 9.17) is 0 Å². The molecule has 0 radical (unpaired) electrons. The number of rotatable bonds is 3. The molecule has 1 amide bonds. The number of halogens is 3. The van der Waals surface area contributed by atoms with Crippen molar-refractivity contribution in [1.82, 2.24) is 20.0 Å². The van der Waals surface area contributed by atoms with Crippen molar-refractivity contribution in [3.63, 3.8) is 0 Å². The fourth-order valence-corrected chi connectivity index (χ4v) is 3.81. The summed E-state index contributed by atoms with van der Waals surface area (Å²) in [6.45, 7) is 5.30. The zero-order valence-corrected chi connectivity index (χ0v) is 17.5. The van der Waals surface area contributed by atoms with E-state index in [9.17, 15) is 13.6 Å². The number of carbonyl (C=O) groups excluding carboxylic acids is 1. The van der Waals surface area contributed by atoms with E-state index in [0.717, 1.165) is 11.4 Å². The summed E-state index contributed by atoms with van der Waals surface area (Å²) in [5, 5.41) is 7.54. The Morgan fingerprint density at radius 2 is 1.93 bits per heavy atom. The number of nitrogens with zero attached hydrogens (tertiary/aromatic N) is 3. The standard InChI is InChI=1S/C22H22F2N4O.ClH/c1-14-10-15(2)28(26-14)20-7-6-17(12-19(20)24)22(29)27-9-8-25-13-21(27)16-4-3-5-18(23)11-16;/h3-7,10-12,21,25H,8-9,13H2,1-2H3;1H. The third kappa shape index (κ3) is 4.22. The van der Waals surface area contributed by atoms with Gasteiger partial charge in [0, 0.05) is 30.9 Å². The summed E-state index contributed by atoms with van der Waals surface area (Å²) in [5.74, 6) is -1.14. The van der Waals surface area contributed by atoms with Crippen molar-refractivity contribution in [2.75, 3.05) is 19.6 Å². The van der Waals surface area contributed by atoms with Gasteiger partial charge in [-0.2, -0.15) is 5.10 Å². The Morgan fingerprint density at radius 3 is 2.60 bits per heavy atom. The van der Waals surface area contributed by atoms with Gasteiger partial charge in [0.1, 0.15) is 17.3 Å². The zero-order valence-electron chi connectivity index (χ0n) is 16.7. The largest absolute Gasteiger partial charge is 0.329 e. The lowest BCUT2D eigenvalue weighted by molar-refractivity contribution is 0.0633. The minimum absolute atomic E-state index is 0. The number of aryl methyl sites for hydroxylation is 2. The molecular weight excluding hydrogens is 410 g/mol. The predicted octanol–water partition coefficient (Wildman–Crippen LogP) is 3.98. The van der Waals surface area contributed by atoms with Crippen molar-refractivity contribution in [3.05, 3.63) is 82.7 Å². The quantitative estimate of drug-likeness (QED) is 0.681. The summed E-state index contributed by atoms with van der Waals surface area (Å²) in [6.07, 6.45) is 0. The molecule has 2 heterocycles. The van der Waals surface area contributed by atoms with Crippen LogP contribution in [0.25, 0.3) is 5.69 Å². The molecule has 1 atom stereocenters. The highest BCUT2D eigenvalue weighted by atomic mass is 35.5. The second-order valence-corrected chi connectivity index (χ2v) is 7.28. The number of hydrogen-bond acceptors (Lipinski definition) is 3. The summed E-state index contributed by atoms with van der Waals surface area (Å²) in [7, 11) is 0. The minimum Gasteiger partial charge on any atom is -0.329 e. The molecule has 1 N–H and O–H groups in total. The summed E-state index contributed by atoms with van der Waals surface area (Å²) in [6, 6.07) is 12.2. The van der Waals surface area contributed by atoms with Crippen molar-refractivity contribution < 1.29 is 13.6 Å². The number of amides is 1. The Kier molecular flexibility index (Phi) is 6.53. The van der Waals surface area contributed by atoms with E-state index < -0.39 is 5.82 Å². The number of piperazine rings is 1. The molecule has 1 aromatic heterocycles. The monoisotopic (exact) mass is 432 g/mol. The molecule has 1 unspecified atom stereocenters. The first-order chi connectivity index (χ1) is 13.9. The second kappa shape index (κ2) is 8.93. The molecule has 1 saturated heterocycles. The Bertz CT molecular complexity index is 1070. The van der Waals surface area contributed by atoms with Crippen LogP contribution in [0.4, 0.5) is 8.78 Å². The summed E-state index contributed by atoms with van der Waals surface area (Å²) in [5.41, 5.74) is 2.88. The Hall–Kier alpha value is -2.77. The van der Waals surface area contributed by atoms with Gasteiger partial charge in [-0.25, -0.2) is 13.5 Å². The van der Waals surface area contributed by atoms with Crippen molar-refractivity contribution in [2.45, 2.75) is 19.9 Å². The molecule has 0 bridgehead atoms. The van der Waals surface area contributed by atoms with Crippen LogP contribution in [0.15, 0.2) is 48.5 Å². The second-order valence-electron chi connectivity index (χ2n) is 7.28. The molecule has 0 saturated carbocycles. The topological polar surface area (TPSA) is 50.2 Å². The number of aromatic nitrogens is 2. The van der Waals surface area contributed by atoms with Crippen LogP contribution in [0.5, 0.6) is 0 Å². The van der Waals surface area contributed by atoms with Gasteiger partial charge in [0.25, 0.3) is 5.91 Å². The highest BCUT2D eigenvalue weighted by Crippen LogP contribution is 2.26. The number of benzene rings is 2. The van der Waals surface area contributed by atoms with Crippen molar-refractivity contribution in [3.8, 4) is 5.69 Å². The zero-order chi connectivity index (χ0) is 20.5. The van der Waals surface area contributed by atoms with Crippen LogP contribution < -0.4 is 5.32 Å². The Morgan fingerprint density at radius 1 is 1.13 bits per heavy atom. The SMILES string of the molecule is Cc1cc(C)n(-c2ccc(C(=O)N3CCNCC3c3cccc(F)c3)cc2F)n1.Cl. The summed E-state index contributed by atoms with van der Waals surface area (Å²) in [4.78, 5) is 14.8. The summed E-state index contributed by atoms with van der Waals surface area (Å²) >= 11 is 0. The van der Waals surface area contributed by atoms with Gasteiger partial charge in [-0.05, 0) is 55.8 Å². The van der Waals surface area contributed by atoms with E-state index in [1.807, 2.05) is 19.9 Å². The maximum absolute atomic E-state index is 14.8. The van der Waals surface area contributed by atoms with Crippen LogP contribution in [0.1, 0.15) is 33.4 Å². The van der Waals surface area contributed by atoms with Crippen LogP contribution in [-0.2, 0) is 0 Å². The van der Waals surface area contributed by atoms with E-state index in [-0.39, 0.29) is 35.7 Å². The van der Waals surface area contributed by atoms with Gasteiger partial charge in [-0.1, -0.05) is 12.1 Å². The van der Waals surface area contributed by atoms with Gasteiger partial charge < -0.3 is 10.2 Å². The number of hydrogen-bond donors (Lipinski definition) is 1. The molecule has 1 aliphatic rings. The molecule has 3 aromatic rings. The van der Waals surface area contributed by atoms with Crippen LogP contribution in [0.2, 0.25) is 0 Å². The summed E-state index contributed by atoms with van der Waals surface area (Å²) < 4.78 is 30.0. The highest BCUT2D eigenvalue weighted by molar-refractivity contribution is 5.95. The third-order valence-corrected chi connectivity index (χ3v) is 5.17. The number of nitrogens with one attached hydrogen (secondary N) is 1. The molecule has 158 valence electrons. The first-order valence-electron chi connectivity index (χ1n) is 9.54. The van der Waals surface area contributed by atoms with Crippen molar-refractivity contribution in [2.24, 2.45) is 0 Å².